The van der Waals surface area contributed by atoms with Crippen LogP contribution in [0.5, 0.6) is 0 Å². The molecule has 2 rings (SSSR count). The van der Waals surface area contributed by atoms with E-state index in [0.29, 0.717) is 12.5 Å². The minimum atomic E-state index is -0.375. The van der Waals surface area contributed by atoms with Crippen LogP contribution in [0.3, 0.4) is 0 Å². The normalized spacial score (nSPS) is 18.0. The van der Waals surface area contributed by atoms with Crippen LogP contribution in [-0.4, -0.2) is 52.4 Å². The molecule has 1 aromatic heterocycles. The minimum absolute atomic E-state index is 0.0824. The number of hydrogen-bond donors (Lipinski definition) is 1. The first kappa shape index (κ1) is 16.2. The number of aromatic nitrogens is 2. The molecule has 1 atom stereocenters. The lowest BCUT2D eigenvalue weighted by molar-refractivity contribution is -0.132. The standard InChI is InChI=1S/C14H25N5OS/c1-10(2)9-12(15)13(20)18-5-4-6-19(8-7-18)14-16-11(3)17-21-14/h10,12H,4-9,15H2,1-3H3/t12-/m0/s1. The average Bonchev–Trinajstić information content (AvgIpc) is 2.72. The van der Waals surface area contributed by atoms with Crippen molar-refractivity contribution in [2.45, 2.75) is 39.7 Å². The maximum atomic E-state index is 12.4. The van der Waals surface area contributed by atoms with Crippen LogP contribution in [0.2, 0.25) is 0 Å². The lowest BCUT2D eigenvalue weighted by Crippen LogP contribution is -2.45. The summed E-state index contributed by atoms with van der Waals surface area (Å²) in [6.45, 7) is 9.29. The predicted molar refractivity (Wildman–Crippen MR) is 85.5 cm³/mol. The Hall–Kier alpha value is -1.21. The summed E-state index contributed by atoms with van der Waals surface area (Å²) >= 11 is 1.43. The second kappa shape index (κ2) is 7.17. The van der Waals surface area contributed by atoms with Crippen LogP contribution < -0.4 is 10.6 Å². The number of carbonyl (C=O) groups excluding carboxylic acids is 1. The molecule has 1 fully saturated rings. The van der Waals surface area contributed by atoms with Crippen LogP contribution in [0.15, 0.2) is 0 Å². The third-order valence-electron chi connectivity index (χ3n) is 3.64. The molecular formula is C14H25N5OS. The molecule has 1 aliphatic rings. The molecule has 21 heavy (non-hydrogen) atoms. The van der Waals surface area contributed by atoms with Crippen LogP contribution in [-0.2, 0) is 4.79 Å². The predicted octanol–water partition coefficient (Wildman–Crippen LogP) is 1.26. The van der Waals surface area contributed by atoms with E-state index in [2.05, 4.69) is 28.1 Å². The molecule has 2 heterocycles. The number of aryl methyl sites for hydroxylation is 1. The fraction of sp³-hybridized carbons (Fsp3) is 0.786. The van der Waals surface area contributed by atoms with E-state index in [4.69, 9.17) is 5.73 Å². The number of rotatable bonds is 4. The number of hydrogen-bond acceptors (Lipinski definition) is 6. The molecule has 1 aromatic rings. The fourth-order valence-corrected chi connectivity index (χ4v) is 3.31. The zero-order valence-corrected chi connectivity index (χ0v) is 13.9. The smallest absolute Gasteiger partial charge is 0.239 e. The van der Waals surface area contributed by atoms with Gasteiger partial charge in [-0.2, -0.15) is 4.37 Å². The van der Waals surface area contributed by atoms with E-state index in [1.54, 1.807) is 0 Å². The Morgan fingerprint density at radius 2 is 2.10 bits per heavy atom. The molecular weight excluding hydrogens is 286 g/mol. The minimum Gasteiger partial charge on any atom is -0.345 e. The Morgan fingerprint density at radius 3 is 2.71 bits per heavy atom. The molecule has 118 valence electrons. The van der Waals surface area contributed by atoms with Gasteiger partial charge in [-0.3, -0.25) is 4.79 Å². The summed E-state index contributed by atoms with van der Waals surface area (Å²) in [5.74, 6) is 1.34. The molecule has 2 N–H and O–H groups in total. The van der Waals surface area contributed by atoms with Gasteiger partial charge >= 0.3 is 0 Å². The number of nitrogens with two attached hydrogens (primary N) is 1. The first-order chi connectivity index (χ1) is 9.97. The molecule has 0 bridgehead atoms. The van der Waals surface area contributed by atoms with Crippen molar-refractivity contribution in [1.82, 2.24) is 14.3 Å². The van der Waals surface area contributed by atoms with Gasteiger partial charge in [0.2, 0.25) is 11.0 Å². The van der Waals surface area contributed by atoms with Crippen LogP contribution >= 0.6 is 11.5 Å². The number of carbonyl (C=O) groups is 1. The van der Waals surface area contributed by atoms with Crippen molar-refractivity contribution in [2.75, 3.05) is 31.1 Å². The van der Waals surface area contributed by atoms with Gasteiger partial charge in [0, 0.05) is 37.7 Å². The van der Waals surface area contributed by atoms with E-state index in [9.17, 15) is 4.79 Å². The van der Waals surface area contributed by atoms with Crippen molar-refractivity contribution in [3.8, 4) is 0 Å². The highest BCUT2D eigenvalue weighted by atomic mass is 32.1. The summed E-state index contributed by atoms with van der Waals surface area (Å²) in [7, 11) is 0. The molecule has 1 aliphatic heterocycles. The van der Waals surface area contributed by atoms with Gasteiger partial charge in [-0.05, 0) is 25.7 Å². The Bertz CT molecular complexity index is 476. The van der Waals surface area contributed by atoms with Crippen molar-refractivity contribution in [2.24, 2.45) is 11.7 Å². The van der Waals surface area contributed by atoms with Gasteiger partial charge in [0.05, 0.1) is 6.04 Å². The monoisotopic (exact) mass is 311 g/mol. The topological polar surface area (TPSA) is 75.4 Å². The Balaban J connectivity index is 1.92. The first-order valence-electron chi connectivity index (χ1n) is 7.57. The Morgan fingerprint density at radius 1 is 1.33 bits per heavy atom. The maximum absolute atomic E-state index is 12.4. The number of amides is 1. The maximum Gasteiger partial charge on any atom is 0.239 e. The van der Waals surface area contributed by atoms with E-state index < -0.39 is 0 Å². The molecule has 0 radical (unpaired) electrons. The van der Waals surface area contributed by atoms with E-state index in [1.165, 1.54) is 11.5 Å². The highest BCUT2D eigenvalue weighted by Crippen LogP contribution is 2.19. The quantitative estimate of drug-likeness (QED) is 0.906. The van der Waals surface area contributed by atoms with Gasteiger partial charge in [-0.15, -0.1) is 0 Å². The van der Waals surface area contributed by atoms with Gasteiger partial charge in [-0.1, -0.05) is 13.8 Å². The average molecular weight is 311 g/mol. The highest BCUT2D eigenvalue weighted by molar-refractivity contribution is 7.09. The second-order valence-electron chi connectivity index (χ2n) is 6.03. The van der Waals surface area contributed by atoms with Crippen molar-refractivity contribution in [3.05, 3.63) is 5.82 Å². The van der Waals surface area contributed by atoms with Gasteiger partial charge in [0.25, 0.3) is 0 Å². The molecule has 1 amide bonds. The Labute approximate surface area is 130 Å². The van der Waals surface area contributed by atoms with E-state index >= 15 is 0 Å². The van der Waals surface area contributed by atoms with E-state index in [0.717, 1.165) is 43.4 Å². The molecule has 0 spiro atoms. The van der Waals surface area contributed by atoms with Crippen molar-refractivity contribution in [3.63, 3.8) is 0 Å². The zero-order valence-electron chi connectivity index (χ0n) is 13.1. The van der Waals surface area contributed by atoms with Gasteiger partial charge in [-0.25, -0.2) is 4.98 Å². The second-order valence-corrected chi connectivity index (χ2v) is 6.76. The van der Waals surface area contributed by atoms with E-state index in [1.807, 2.05) is 11.8 Å². The highest BCUT2D eigenvalue weighted by Gasteiger charge is 2.25. The van der Waals surface area contributed by atoms with Gasteiger partial charge < -0.3 is 15.5 Å². The molecule has 6 nitrogen and oxygen atoms in total. The SMILES string of the molecule is Cc1nsc(N2CCCN(C(=O)[C@@H](N)CC(C)C)CC2)n1. The largest absolute Gasteiger partial charge is 0.345 e. The summed E-state index contributed by atoms with van der Waals surface area (Å²) in [6, 6.07) is -0.375. The number of anilines is 1. The molecule has 0 saturated carbocycles. The van der Waals surface area contributed by atoms with E-state index in [-0.39, 0.29) is 11.9 Å². The summed E-state index contributed by atoms with van der Waals surface area (Å²) in [5.41, 5.74) is 6.02. The number of nitrogens with zero attached hydrogens (tertiary/aromatic N) is 4. The van der Waals surface area contributed by atoms with Crippen LogP contribution in [0.4, 0.5) is 5.13 Å². The molecule has 0 unspecified atom stereocenters. The van der Waals surface area contributed by atoms with Crippen molar-refractivity contribution < 1.29 is 4.79 Å². The Kier molecular flexibility index (Phi) is 5.52. The van der Waals surface area contributed by atoms with Crippen molar-refractivity contribution in [1.29, 1.82) is 0 Å². The first-order valence-corrected chi connectivity index (χ1v) is 8.34. The van der Waals surface area contributed by atoms with Crippen LogP contribution in [0.1, 0.15) is 32.5 Å². The molecule has 7 heteroatoms. The lowest BCUT2D eigenvalue weighted by Gasteiger charge is -2.25. The zero-order chi connectivity index (χ0) is 15.4. The lowest BCUT2D eigenvalue weighted by atomic mass is 10.0. The van der Waals surface area contributed by atoms with Gasteiger partial charge in [0.15, 0.2) is 0 Å². The van der Waals surface area contributed by atoms with Gasteiger partial charge in [0.1, 0.15) is 5.82 Å². The fourth-order valence-electron chi connectivity index (χ4n) is 2.59. The summed E-state index contributed by atoms with van der Waals surface area (Å²) in [6.07, 6.45) is 1.69. The summed E-state index contributed by atoms with van der Waals surface area (Å²) < 4.78 is 4.23. The molecule has 0 aromatic carbocycles. The van der Waals surface area contributed by atoms with Crippen LogP contribution in [0.25, 0.3) is 0 Å². The van der Waals surface area contributed by atoms with Crippen LogP contribution in [0, 0.1) is 12.8 Å². The summed E-state index contributed by atoms with van der Waals surface area (Å²) in [4.78, 5) is 20.9. The third-order valence-corrected chi connectivity index (χ3v) is 4.51. The molecule has 1 saturated heterocycles. The summed E-state index contributed by atoms with van der Waals surface area (Å²) in [5, 5.41) is 0.952. The van der Waals surface area contributed by atoms with Crippen molar-refractivity contribution >= 4 is 22.6 Å². The third kappa shape index (κ3) is 4.38. The molecule has 0 aliphatic carbocycles.